The number of hydrogen-bond donors (Lipinski definition) is 1. The standard InChI is InChI=1S/C10H19N/c1-4-6-7-8-10(3)11-9-5-2/h1,10-11H,5-9H2,2-3H3. The molecule has 11 heavy (non-hydrogen) atoms. The maximum absolute atomic E-state index is 5.14. The molecule has 0 aliphatic rings. The SMILES string of the molecule is C#CCCCC(C)NCCC. The third-order valence-electron chi connectivity index (χ3n) is 1.70. The Morgan fingerprint density at radius 3 is 2.82 bits per heavy atom. The van der Waals surface area contributed by atoms with Gasteiger partial charge in [-0.2, -0.15) is 0 Å². The quantitative estimate of drug-likeness (QED) is 0.455. The van der Waals surface area contributed by atoms with E-state index < -0.39 is 0 Å². The van der Waals surface area contributed by atoms with Gasteiger partial charge in [-0.3, -0.25) is 0 Å². The normalized spacial score (nSPS) is 12.5. The summed E-state index contributed by atoms with van der Waals surface area (Å²) in [7, 11) is 0. The summed E-state index contributed by atoms with van der Waals surface area (Å²) in [4.78, 5) is 0. The van der Waals surface area contributed by atoms with Gasteiger partial charge in [-0.15, -0.1) is 12.3 Å². The van der Waals surface area contributed by atoms with Crippen LogP contribution in [0.2, 0.25) is 0 Å². The van der Waals surface area contributed by atoms with Gasteiger partial charge in [0.1, 0.15) is 0 Å². The van der Waals surface area contributed by atoms with Crippen molar-refractivity contribution in [2.75, 3.05) is 6.54 Å². The van der Waals surface area contributed by atoms with E-state index >= 15 is 0 Å². The summed E-state index contributed by atoms with van der Waals surface area (Å²) < 4.78 is 0. The average molecular weight is 153 g/mol. The van der Waals surface area contributed by atoms with Gasteiger partial charge in [-0.05, 0) is 32.7 Å². The lowest BCUT2D eigenvalue weighted by molar-refractivity contribution is 0.502. The molecule has 1 unspecified atom stereocenters. The zero-order valence-electron chi connectivity index (χ0n) is 7.69. The lowest BCUT2D eigenvalue weighted by Gasteiger charge is -2.11. The predicted octanol–water partition coefficient (Wildman–Crippen LogP) is 2.18. The van der Waals surface area contributed by atoms with Crippen molar-refractivity contribution >= 4 is 0 Å². The van der Waals surface area contributed by atoms with Crippen LogP contribution in [0.4, 0.5) is 0 Å². The maximum atomic E-state index is 5.14. The third kappa shape index (κ3) is 7.42. The van der Waals surface area contributed by atoms with E-state index in [2.05, 4.69) is 25.1 Å². The fourth-order valence-corrected chi connectivity index (χ4v) is 1.00. The fraction of sp³-hybridized carbons (Fsp3) is 0.800. The predicted molar refractivity (Wildman–Crippen MR) is 50.4 cm³/mol. The van der Waals surface area contributed by atoms with Crippen LogP contribution < -0.4 is 5.32 Å². The first-order valence-electron chi connectivity index (χ1n) is 4.48. The zero-order chi connectivity index (χ0) is 8.53. The van der Waals surface area contributed by atoms with Crippen molar-refractivity contribution in [2.45, 2.75) is 45.6 Å². The highest BCUT2D eigenvalue weighted by Gasteiger charge is 1.97. The van der Waals surface area contributed by atoms with Crippen molar-refractivity contribution in [1.82, 2.24) is 5.32 Å². The van der Waals surface area contributed by atoms with Crippen LogP contribution in [0.1, 0.15) is 39.5 Å². The van der Waals surface area contributed by atoms with Gasteiger partial charge in [0.25, 0.3) is 0 Å². The van der Waals surface area contributed by atoms with E-state index in [1.807, 2.05) is 0 Å². The van der Waals surface area contributed by atoms with Crippen LogP contribution in [0.25, 0.3) is 0 Å². The Bertz CT molecular complexity index is 113. The molecule has 0 heterocycles. The molecule has 0 rings (SSSR count). The molecule has 0 aromatic heterocycles. The van der Waals surface area contributed by atoms with Gasteiger partial charge >= 0.3 is 0 Å². The second-order valence-electron chi connectivity index (χ2n) is 2.95. The first-order valence-corrected chi connectivity index (χ1v) is 4.48. The highest BCUT2D eigenvalue weighted by atomic mass is 14.9. The number of terminal acetylenes is 1. The summed E-state index contributed by atoms with van der Waals surface area (Å²) >= 11 is 0. The molecule has 0 aliphatic heterocycles. The molecule has 1 heteroatoms. The Balaban J connectivity index is 3.10. The minimum absolute atomic E-state index is 0.628. The Hall–Kier alpha value is -0.480. The summed E-state index contributed by atoms with van der Waals surface area (Å²) in [5.74, 6) is 2.65. The molecule has 0 aromatic rings. The summed E-state index contributed by atoms with van der Waals surface area (Å²) in [5.41, 5.74) is 0. The summed E-state index contributed by atoms with van der Waals surface area (Å²) in [6.07, 6.45) is 9.61. The minimum atomic E-state index is 0.628. The van der Waals surface area contributed by atoms with Crippen LogP contribution in [0, 0.1) is 12.3 Å². The molecule has 64 valence electrons. The van der Waals surface area contributed by atoms with Crippen molar-refractivity contribution in [3.8, 4) is 12.3 Å². The third-order valence-corrected chi connectivity index (χ3v) is 1.70. The molecule has 0 bridgehead atoms. The Morgan fingerprint density at radius 1 is 1.55 bits per heavy atom. The molecule has 0 saturated carbocycles. The number of unbranched alkanes of at least 4 members (excludes halogenated alkanes) is 1. The minimum Gasteiger partial charge on any atom is -0.314 e. The van der Waals surface area contributed by atoms with Crippen molar-refractivity contribution in [3.63, 3.8) is 0 Å². The van der Waals surface area contributed by atoms with Gasteiger partial charge in [0, 0.05) is 12.5 Å². The highest BCUT2D eigenvalue weighted by Crippen LogP contribution is 1.98. The van der Waals surface area contributed by atoms with Gasteiger partial charge < -0.3 is 5.32 Å². The van der Waals surface area contributed by atoms with E-state index in [4.69, 9.17) is 6.42 Å². The first kappa shape index (κ1) is 10.5. The van der Waals surface area contributed by atoms with Crippen LogP contribution in [0.5, 0.6) is 0 Å². The van der Waals surface area contributed by atoms with Crippen LogP contribution >= 0.6 is 0 Å². The van der Waals surface area contributed by atoms with Crippen molar-refractivity contribution in [2.24, 2.45) is 0 Å². The zero-order valence-corrected chi connectivity index (χ0v) is 7.69. The number of nitrogens with one attached hydrogen (secondary N) is 1. The first-order chi connectivity index (χ1) is 5.31. The highest BCUT2D eigenvalue weighted by molar-refractivity contribution is 4.83. The molecule has 0 fully saturated rings. The smallest absolute Gasteiger partial charge is 0.00866 e. The molecular weight excluding hydrogens is 134 g/mol. The Labute approximate surface area is 70.6 Å². The number of rotatable bonds is 6. The Kier molecular flexibility index (Phi) is 7.29. The molecule has 1 N–H and O–H groups in total. The topological polar surface area (TPSA) is 12.0 Å². The molecule has 0 aromatic carbocycles. The molecule has 0 spiro atoms. The largest absolute Gasteiger partial charge is 0.314 e. The summed E-state index contributed by atoms with van der Waals surface area (Å²) in [5, 5.41) is 3.42. The van der Waals surface area contributed by atoms with Crippen molar-refractivity contribution in [3.05, 3.63) is 0 Å². The van der Waals surface area contributed by atoms with E-state index in [1.165, 1.54) is 12.8 Å². The van der Waals surface area contributed by atoms with E-state index in [9.17, 15) is 0 Å². The Morgan fingerprint density at radius 2 is 2.27 bits per heavy atom. The second kappa shape index (κ2) is 7.63. The molecule has 1 atom stereocenters. The van der Waals surface area contributed by atoms with Gasteiger partial charge in [0.15, 0.2) is 0 Å². The van der Waals surface area contributed by atoms with E-state index in [0.29, 0.717) is 6.04 Å². The van der Waals surface area contributed by atoms with Gasteiger partial charge in [0.2, 0.25) is 0 Å². The molecule has 0 saturated heterocycles. The number of hydrogen-bond acceptors (Lipinski definition) is 1. The molecule has 0 aliphatic carbocycles. The lowest BCUT2D eigenvalue weighted by Crippen LogP contribution is -2.26. The maximum Gasteiger partial charge on any atom is 0.00866 e. The van der Waals surface area contributed by atoms with Crippen molar-refractivity contribution < 1.29 is 0 Å². The molecular formula is C10H19N. The summed E-state index contributed by atoms with van der Waals surface area (Å²) in [6.45, 7) is 5.52. The van der Waals surface area contributed by atoms with E-state index in [1.54, 1.807) is 0 Å². The van der Waals surface area contributed by atoms with Gasteiger partial charge in [0.05, 0.1) is 0 Å². The monoisotopic (exact) mass is 153 g/mol. The second-order valence-corrected chi connectivity index (χ2v) is 2.95. The summed E-state index contributed by atoms with van der Waals surface area (Å²) in [6, 6.07) is 0.628. The molecule has 0 amide bonds. The van der Waals surface area contributed by atoms with E-state index in [0.717, 1.165) is 19.4 Å². The van der Waals surface area contributed by atoms with Crippen LogP contribution in [0.15, 0.2) is 0 Å². The fourth-order valence-electron chi connectivity index (χ4n) is 1.00. The van der Waals surface area contributed by atoms with Gasteiger partial charge in [-0.1, -0.05) is 6.92 Å². The molecule has 1 nitrogen and oxygen atoms in total. The van der Waals surface area contributed by atoms with Crippen molar-refractivity contribution in [1.29, 1.82) is 0 Å². The molecule has 0 radical (unpaired) electrons. The van der Waals surface area contributed by atoms with E-state index in [-0.39, 0.29) is 0 Å². The van der Waals surface area contributed by atoms with Crippen LogP contribution in [-0.2, 0) is 0 Å². The van der Waals surface area contributed by atoms with Gasteiger partial charge in [-0.25, -0.2) is 0 Å². The lowest BCUT2D eigenvalue weighted by atomic mass is 10.1. The van der Waals surface area contributed by atoms with Crippen LogP contribution in [0.3, 0.4) is 0 Å². The van der Waals surface area contributed by atoms with Crippen LogP contribution in [-0.4, -0.2) is 12.6 Å². The average Bonchev–Trinajstić information content (AvgIpc) is 2.01.